The molecule has 0 atom stereocenters. The lowest BCUT2D eigenvalue weighted by Crippen LogP contribution is -2.35. The van der Waals surface area contributed by atoms with E-state index in [0.717, 1.165) is 12.0 Å². The average Bonchev–Trinajstić information content (AvgIpc) is 2.36. The molecule has 0 saturated carbocycles. The second-order valence-corrected chi connectivity index (χ2v) is 4.53. The van der Waals surface area contributed by atoms with Crippen molar-refractivity contribution in [2.24, 2.45) is 0 Å². The molecule has 1 aromatic rings. The molecule has 0 aliphatic heterocycles. The van der Waals surface area contributed by atoms with Crippen molar-refractivity contribution in [2.75, 3.05) is 20.1 Å². The van der Waals surface area contributed by atoms with Crippen LogP contribution in [0.5, 0.6) is 0 Å². The van der Waals surface area contributed by atoms with Gasteiger partial charge >= 0.3 is 5.97 Å². The van der Waals surface area contributed by atoms with Crippen molar-refractivity contribution in [3.63, 3.8) is 0 Å². The molecule has 0 heterocycles. The normalized spacial score (nSPS) is 10.5. The Kier molecular flexibility index (Phi) is 6.02. The number of amides is 1. The van der Waals surface area contributed by atoms with Gasteiger partial charge in [-0.25, -0.2) is 4.79 Å². The van der Waals surface area contributed by atoms with E-state index in [4.69, 9.17) is 5.11 Å². The number of carbonyl (C=O) groups excluding carboxylic acids is 1. The Morgan fingerprint density at radius 1 is 1.37 bits per heavy atom. The average molecular weight is 264 g/mol. The molecule has 0 radical (unpaired) electrons. The minimum Gasteiger partial charge on any atom is -0.478 e. The van der Waals surface area contributed by atoms with Gasteiger partial charge in [-0.3, -0.25) is 9.69 Å². The largest absolute Gasteiger partial charge is 0.478 e. The Labute approximate surface area is 113 Å². The number of nitrogens with zero attached hydrogens (tertiary/aromatic N) is 1. The highest BCUT2D eigenvalue weighted by molar-refractivity contribution is 5.87. The molecule has 5 nitrogen and oxygen atoms in total. The first-order chi connectivity index (χ1) is 9.02. The lowest BCUT2D eigenvalue weighted by Gasteiger charge is -2.16. The van der Waals surface area contributed by atoms with Crippen LogP contribution in [0.3, 0.4) is 0 Å². The SMILES string of the molecule is CCCNC(=O)CN(C)Cc1cccc(C(=O)O)c1. The van der Waals surface area contributed by atoms with E-state index in [1.165, 1.54) is 0 Å². The molecule has 19 heavy (non-hydrogen) atoms. The van der Waals surface area contributed by atoms with Gasteiger partial charge in [-0.1, -0.05) is 19.1 Å². The van der Waals surface area contributed by atoms with E-state index in [2.05, 4.69) is 5.32 Å². The van der Waals surface area contributed by atoms with Gasteiger partial charge in [0.05, 0.1) is 12.1 Å². The zero-order valence-corrected chi connectivity index (χ0v) is 11.3. The predicted molar refractivity (Wildman–Crippen MR) is 73.0 cm³/mol. The topological polar surface area (TPSA) is 69.6 Å². The quantitative estimate of drug-likeness (QED) is 0.780. The van der Waals surface area contributed by atoms with Gasteiger partial charge in [0.15, 0.2) is 0 Å². The summed E-state index contributed by atoms with van der Waals surface area (Å²) in [5.41, 5.74) is 1.15. The molecule has 0 saturated heterocycles. The first kappa shape index (κ1) is 15.2. The van der Waals surface area contributed by atoms with E-state index in [-0.39, 0.29) is 11.5 Å². The van der Waals surface area contributed by atoms with Crippen LogP contribution in [-0.2, 0) is 11.3 Å². The Balaban J connectivity index is 2.52. The highest BCUT2D eigenvalue weighted by atomic mass is 16.4. The molecule has 0 unspecified atom stereocenters. The fourth-order valence-corrected chi connectivity index (χ4v) is 1.74. The van der Waals surface area contributed by atoms with Crippen LogP contribution in [-0.4, -0.2) is 42.0 Å². The Bertz CT molecular complexity index is 446. The van der Waals surface area contributed by atoms with Crippen LogP contribution in [0, 0.1) is 0 Å². The number of carboxylic acids is 1. The molecule has 104 valence electrons. The first-order valence-corrected chi connectivity index (χ1v) is 6.30. The molecule has 1 amide bonds. The highest BCUT2D eigenvalue weighted by Crippen LogP contribution is 2.07. The van der Waals surface area contributed by atoms with Crippen molar-refractivity contribution < 1.29 is 14.7 Å². The first-order valence-electron chi connectivity index (χ1n) is 6.30. The molecular weight excluding hydrogens is 244 g/mol. The molecule has 0 bridgehead atoms. The minimum atomic E-state index is -0.940. The molecule has 2 N–H and O–H groups in total. The lowest BCUT2D eigenvalue weighted by atomic mass is 10.1. The van der Waals surface area contributed by atoms with Gasteiger partial charge in [0.2, 0.25) is 5.91 Å². The number of likely N-dealkylation sites (N-methyl/N-ethyl adjacent to an activating group) is 1. The van der Waals surface area contributed by atoms with E-state index in [0.29, 0.717) is 19.6 Å². The number of rotatable bonds is 7. The van der Waals surface area contributed by atoms with E-state index in [9.17, 15) is 9.59 Å². The second kappa shape index (κ2) is 7.53. The highest BCUT2D eigenvalue weighted by Gasteiger charge is 2.08. The molecule has 0 aromatic heterocycles. The van der Waals surface area contributed by atoms with Crippen molar-refractivity contribution in [1.82, 2.24) is 10.2 Å². The summed E-state index contributed by atoms with van der Waals surface area (Å²) in [4.78, 5) is 24.2. The molecule has 0 spiro atoms. The summed E-state index contributed by atoms with van der Waals surface area (Å²) >= 11 is 0. The van der Waals surface area contributed by atoms with Crippen LogP contribution in [0.15, 0.2) is 24.3 Å². The van der Waals surface area contributed by atoms with Crippen molar-refractivity contribution in [3.05, 3.63) is 35.4 Å². The van der Waals surface area contributed by atoms with Crippen LogP contribution in [0.2, 0.25) is 0 Å². The van der Waals surface area contributed by atoms with Crippen molar-refractivity contribution in [2.45, 2.75) is 19.9 Å². The van der Waals surface area contributed by atoms with Crippen LogP contribution in [0.25, 0.3) is 0 Å². The monoisotopic (exact) mass is 264 g/mol. The zero-order valence-electron chi connectivity index (χ0n) is 11.3. The summed E-state index contributed by atoms with van der Waals surface area (Å²) in [6.45, 7) is 3.53. The Hall–Kier alpha value is -1.88. The minimum absolute atomic E-state index is 0.0151. The Morgan fingerprint density at radius 2 is 2.11 bits per heavy atom. The van der Waals surface area contributed by atoms with Crippen LogP contribution >= 0.6 is 0 Å². The van der Waals surface area contributed by atoms with E-state index >= 15 is 0 Å². The number of carboxylic acid groups (broad SMARTS) is 1. The van der Waals surface area contributed by atoms with Crippen LogP contribution < -0.4 is 5.32 Å². The number of hydrogen-bond acceptors (Lipinski definition) is 3. The molecule has 0 aliphatic rings. The second-order valence-electron chi connectivity index (χ2n) is 4.53. The van der Waals surface area contributed by atoms with Gasteiger partial charge in [-0.2, -0.15) is 0 Å². The summed E-state index contributed by atoms with van der Waals surface area (Å²) in [5, 5.41) is 11.7. The van der Waals surface area contributed by atoms with Crippen molar-refractivity contribution in [3.8, 4) is 0 Å². The van der Waals surface area contributed by atoms with Gasteiger partial charge in [-0.15, -0.1) is 0 Å². The van der Waals surface area contributed by atoms with Gasteiger partial charge in [0.1, 0.15) is 0 Å². The van der Waals surface area contributed by atoms with Crippen molar-refractivity contribution >= 4 is 11.9 Å². The third-order valence-electron chi connectivity index (χ3n) is 2.61. The van der Waals surface area contributed by atoms with Gasteiger partial charge < -0.3 is 10.4 Å². The maximum atomic E-state index is 11.5. The Morgan fingerprint density at radius 3 is 2.74 bits per heavy atom. The molecule has 5 heteroatoms. The summed E-state index contributed by atoms with van der Waals surface area (Å²) in [6.07, 6.45) is 0.913. The summed E-state index contributed by atoms with van der Waals surface area (Å²) in [6, 6.07) is 6.75. The van der Waals surface area contributed by atoms with E-state index < -0.39 is 5.97 Å². The molecular formula is C14H20N2O3. The van der Waals surface area contributed by atoms with Crippen LogP contribution in [0.4, 0.5) is 0 Å². The van der Waals surface area contributed by atoms with Crippen LogP contribution in [0.1, 0.15) is 29.3 Å². The fourth-order valence-electron chi connectivity index (χ4n) is 1.74. The van der Waals surface area contributed by atoms with Gasteiger partial charge in [0, 0.05) is 13.1 Å². The number of aromatic carboxylic acids is 1. The van der Waals surface area contributed by atoms with Gasteiger partial charge in [-0.05, 0) is 31.2 Å². The third-order valence-corrected chi connectivity index (χ3v) is 2.61. The maximum Gasteiger partial charge on any atom is 0.335 e. The predicted octanol–water partition coefficient (Wildman–Crippen LogP) is 1.34. The summed E-state index contributed by atoms with van der Waals surface area (Å²) < 4.78 is 0. The molecule has 0 fully saturated rings. The zero-order chi connectivity index (χ0) is 14.3. The number of hydrogen-bond donors (Lipinski definition) is 2. The number of nitrogens with one attached hydrogen (secondary N) is 1. The summed E-state index contributed by atoms with van der Waals surface area (Å²) in [7, 11) is 1.83. The molecule has 0 aliphatic carbocycles. The standard InChI is InChI=1S/C14H20N2O3/c1-3-7-15-13(17)10-16(2)9-11-5-4-6-12(8-11)14(18)19/h4-6,8H,3,7,9-10H2,1-2H3,(H,15,17)(H,18,19). The molecule has 1 aromatic carbocycles. The third kappa shape index (κ3) is 5.52. The van der Waals surface area contributed by atoms with E-state index in [1.54, 1.807) is 18.2 Å². The number of benzene rings is 1. The smallest absolute Gasteiger partial charge is 0.335 e. The van der Waals surface area contributed by atoms with E-state index in [1.807, 2.05) is 24.9 Å². The lowest BCUT2D eigenvalue weighted by molar-refractivity contribution is -0.122. The molecule has 1 rings (SSSR count). The fraction of sp³-hybridized carbons (Fsp3) is 0.429. The summed E-state index contributed by atoms with van der Waals surface area (Å²) in [5.74, 6) is -0.955. The van der Waals surface area contributed by atoms with Crippen molar-refractivity contribution in [1.29, 1.82) is 0 Å². The maximum absolute atomic E-state index is 11.5. The number of carbonyl (C=O) groups is 2. The van der Waals surface area contributed by atoms with Gasteiger partial charge in [0.25, 0.3) is 0 Å².